The van der Waals surface area contributed by atoms with E-state index in [1.165, 1.54) is 0 Å². The van der Waals surface area contributed by atoms with Gasteiger partial charge in [-0.05, 0) is 19.9 Å². The quantitative estimate of drug-likeness (QED) is 0.849. The third-order valence-electron chi connectivity index (χ3n) is 4.07. The van der Waals surface area contributed by atoms with Crippen LogP contribution in [0.2, 0.25) is 0 Å². The molecule has 3 rings (SSSR count). The fourth-order valence-corrected chi connectivity index (χ4v) is 2.90. The van der Waals surface area contributed by atoms with Gasteiger partial charge >= 0.3 is 0 Å². The smallest absolute Gasteiger partial charge is 0.225 e. The van der Waals surface area contributed by atoms with E-state index in [4.69, 9.17) is 0 Å². The van der Waals surface area contributed by atoms with Crippen LogP contribution < -0.4 is 4.90 Å². The largest absolute Gasteiger partial charge is 0.338 e. The number of piperazine rings is 1. The number of hydrogen-bond donors (Lipinski definition) is 0. The molecule has 6 heteroatoms. The van der Waals surface area contributed by atoms with Crippen molar-refractivity contribution in [2.24, 2.45) is 0 Å². The monoisotopic (exact) mass is 286 g/mol. The Morgan fingerprint density at radius 1 is 1.05 bits per heavy atom. The van der Waals surface area contributed by atoms with Crippen molar-refractivity contribution in [3.63, 3.8) is 0 Å². The van der Waals surface area contributed by atoms with Crippen molar-refractivity contribution in [1.29, 1.82) is 0 Å². The lowest BCUT2D eigenvalue weighted by atomic mass is 10.2. The van der Waals surface area contributed by atoms with Crippen LogP contribution in [-0.4, -0.2) is 57.1 Å². The zero-order chi connectivity index (χ0) is 14.7. The van der Waals surface area contributed by atoms with Gasteiger partial charge in [-0.1, -0.05) is 0 Å². The topological polar surface area (TPSA) is 50.1 Å². The normalized spacial score (nSPS) is 17.9. The number of hydrogen-bond acceptors (Lipinski definition) is 5. The van der Waals surface area contributed by atoms with Crippen molar-refractivity contribution >= 4 is 5.95 Å². The minimum Gasteiger partial charge on any atom is -0.338 e. The molecule has 1 saturated heterocycles. The van der Waals surface area contributed by atoms with Crippen molar-refractivity contribution in [3.8, 4) is 0 Å². The molecule has 1 unspecified atom stereocenters. The van der Waals surface area contributed by atoms with E-state index in [1.54, 1.807) is 12.4 Å². The Balaban J connectivity index is 1.53. The van der Waals surface area contributed by atoms with Gasteiger partial charge in [0.2, 0.25) is 5.95 Å². The van der Waals surface area contributed by atoms with Gasteiger partial charge in [0.05, 0.1) is 0 Å². The molecule has 3 heterocycles. The summed E-state index contributed by atoms with van der Waals surface area (Å²) in [7, 11) is 0. The Kier molecular flexibility index (Phi) is 4.15. The molecular formula is C15H22N6. The molecule has 1 aliphatic heterocycles. The van der Waals surface area contributed by atoms with Crippen LogP contribution in [0.3, 0.4) is 0 Å². The number of anilines is 1. The van der Waals surface area contributed by atoms with Crippen LogP contribution in [0.15, 0.2) is 30.9 Å². The molecule has 0 aliphatic carbocycles. The predicted octanol–water partition coefficient (Wildman–Crippen LogP) is 1.36. The number of imidazole rings is 1. The fourth-order valence-electron chi connectivity index (χ4n) is 2.90. The van der Waals surface area contributed by atoms with Crippen LogP contribution in [0.4, 0.5) is 5.95 Å². The van der Waals surface area contributed by atoms with Crippen LogP contribution in [0.5, 0.6) is 0 Å². The zero-order valence-corrected chi connectivity index (χ0v) is 12.7. The summed E-state index contributed by atoms with van der Waals surface area (Å²) in [5.41, 5.74) is 0. The highest BCUT2D eigenvalue weighted by Crippen LogP contribution is 2.14. The summed E-state index contributed by atoms with van der Waals surface area (Å²) in [5.74, 6) is 1.93. The van der Waals surface area contributed by atoms with Gasteiger partial charge in [0.15, 0.2) is 0 Å². The Morgan fingerprint density at radius 3 is 2.38 bits per heavy atom. The van der Waals surface area contributed by atoms with E-state index in [0.717, 1.165) is 44.5 Å². The van der Waals surface area contributed by atoms with Gasteiger partial charge in [-0.25, -0.2) is 15.0 Å². The maximum absolute atomic E-state index is 4.32. The highest BCUT2D eigenvalue weighted by molar-refractivity contribution is 5.29. The molecule has 1 aliphatic rings. The van der Waals surface area contributed by atoms with E-state index in [0.29, 0.717) is 6.04 Å². The summed E-state index contributed by atoms with van der Waals surface area (Å²) in [6.45, 7) is 9.44. The van der Waals surface area contributed by atoms with Gasteiger partial charge in [-0.3, -0.25) is 4.90 Å². The van der Waals surface area contributed by atoms with Crippen molar-refractivity contribution in [1.82, 2.24) is 24.4 Å². The lowest BCUT2D eigenvalue weighted by Gasteiger charge is -2.36. The molecule has 0 aromatic carbocycles. The summed E-state index contributed by atoms with van der Waals surface area (Å²) < 4.78 is 2.24. The average Bonchev–Trinajstić information content (AvgIpc) is 2.95. The molecule has 0 radical (unpaired) electrons. The Labute approximate surface area is 125 Å². The molecule has 2 aromatic rings. The number of aromatic nitrogens is 4. The fraction of sp³-hybridized carbons (Fsp3) is 0.533. The third kappa shape index (κ3) is 3.21. The summed E-state index contributed by atoms with van der Waals surface area (Å²) in [6.07, 6.45) is 7.54. The summed E-state index contributed by atoms with van der Waals surface area (Å²) in [6, 6.07) is 2.31. The van der Waals surface area contributed by atoms with Gasteiger partial charge in [0.1, 0.15) is 5.82 Å². The average molecular weight is 286 g/mol. The highest BCUT2D eigenvalue weighted by Gasteiger charge is 2.20. The number of nitrogens with zero attached hydrogens (tertiary/aromatic N) is 6. The number of aryl methyl sites for hydroxylation is 1. The SMILES string of the molecule is Cc1nccn1C(C)CN1CCN(c2ncccn2)CC1. The number of rotatable bonds is 4. The van der Waals surface area contributed by atoms with E-state index >= 15 is 0 Å². The third-order valence-corrected chi connectivity index (χ3v) is 4.07. The Bertz CT molecular complexity index is 559. The van der Waals surface area contributed by atoms with Crippen molar-refractivity contribution < 1.29 is 0 Å². The van der Waals surface area contributed by atoms with Crippen molar-refractivity contribution in [3.05, 3.63) is 36.7 Å². The van der Waals surface area contributed by atoms with Crippen LogP contribution in [0.1, 0.15) is 18.8 Å². The van der Waals surface area contributed by atoms with E-state index in [9.17, 15) is 0 Å². The molecule has 21 heavy (non-hydrogen) atoms. The lowest BCUT2D eigenvalue weighted by molar-refractivity contribution is 0.224. The summed E-state index contributed by atoms with van der Waals surface area (Å²) in [4.78, 5) is 17.7. The standard InChI is InChI=1S/C15H22N6/c1-13(21-7-6-16-14(21)2)12-19-8-10-20(11-9-19)15-17-4-3-5-18-15/h3-7,13H,8-12H2,1-2H3. The zero-order valence-electron chi connectivity index (χ0n) is 12.7. The van der Waals surface area contributed by atoms with Crippen LogP contribution in [0.25, 0.3) is 0 Å². The molecule has 0 saturated carbocycles. The first kappa shape index (κ1) is 14.0. The van der Waals surface area contributed by atoms with E-state index in [1.807, 2.05) is 12.3 Å². The second-order valence-electron chi connectivity index (χ2n) is 5.57. The maximum atomic E-state index is 4.32. The molecule has 0 bridgehead atoms. The first-order valence-corrected chi connectivity index (χ1v) is 7.48. The van der Waals surface area contributed by atoms with E-state index < -0.39 is 0 Å². The van der Waals surface area contributed by atoms with Gasteiger partial charge < -0.3 is 9.47 Å². The first-order valence-electron chi connectivity index (χ1n) is 7.48. The maximum Gasteiger partial charge on any atom is 0.225 e. The summed E-state index contributed by atoms with van der Waals surface area (Å²) in [5, 5.41) is 0. The minimum absolute atomic E-state index is 0.451. The molecular weight excluding hydrogens is 264 g/mol. The van der Waals surface area contributed by atoms with Crippen LogP contribution >= 0.6 is 0 Å². The van der Waals surface area contributed by atoms with Gasteiger partial charge in [0, 0.05) is 63.6 Å². The van der Waals surface area contributed by atoms with Gasteiger partial charge in [-0.15, -0.1) is 0 Å². The van der Waals surface area contributed by atoms with Gasteiger partial charge in [-0.2, -0.15) is 0 Å². The predicted molar refractivity (Wildman–Crippen MR) is 82.4 cm³/mol. The summed E-state index contributed by atoms with van der Waals surface area (Å²) >= 11 is 0. The van der Waals surface area contributed by atoms with Crippen molar-refractivity contribution in [2.45, 2.75) is 19.9 Å². The van der Waals surface area contributed by atoms with E-state index in [-0.39, 0.29) is 0 Å². The second-order valence-corrected chi connectivity index (χ2v) is 5.57. The molecule has 1 fully saturated rings. The molecule has 0 N–H and O–H groups in total. The molecule has 6 nitrogen and oxygen atoms in total. The Morgan fingerprint density at radius 2 is 1.76 bits per heavy atom. The Hall–Kier alpha value is -1.95. The van der Waals surface area contributed by atoms with Gasteiger partial charge in [0.25, 0.3) is 0 Å². The van der Waals surface area contributed by atoms with Crippen LogP contribution in [-0.2, 0) is 0 Å². The molecule has 1 atom stereocenters. The second kappa shape index (κ2) is 6.22. The highest BCUT2D eigenvalue weighted by atomic mass is 15.3. The minimum atomic E-state index is 0.451. The van der Waals surface area contributed by atoms with Crippen molar-refractivity contribution in [2.75, 3.05) is 37.6 Å². The molecule has 2 aromatic heterocycles. The molecule has 0 amide bonds. The van der Waals surface area contributed by atoms with Crippen LogP contribution in [0, 0.1) is 6.92 Å². The lowest BCUT2D eigenvalue weighted by Crippen LogP contribution is -2.48. The molecule has 0 spiro atoms. The van der Waals surface area contributed by atoms with E-state index in [2.05, 4.69) is 49.4 Å². The first-order chi connectivity index (χ1) is 10.2. The molecule has 112 valence electrons.